The van der Waals surface area contributed by atoms with Crippen molar-refractivity contribution in [3.8, 4) is 0 Å². The van der Waals surface area contributed by atoms with Gasteiger partial charge < -0.3 is 0 Å². The Kier molecular flexibility index (Phi) is 3.27. The number of morpholine rings is 1. The molecule has 0 aliphatic carbocycles. The second-order valence-electron chi connectivity index (χ2n) is 3.42. The molecule has 1 aliphatic rings. The van der Waals surface area contributed by atoms with Crippen molar-refractivity contribution in [2.24, 2.45) is 0 Å². The normalized spacial score (nSPS) is 29.2. The average molecular weight is 313 g/mol. The van der Waals surface area contributed by atoms with Gasteiger partial charge >= 0.3 is 30.5 Å². The molecule has 0 radical (unpaired) electrons. The summed E-state index contributed by atoms with van der Waals surface area (Å²) in [5.41, 5.74) is 0. The molecule has 19 heavy (non-hydrogen) atoms. The summed E-state index contributed by atoms with van der Waals surface area (Å²) in [5.74, 6) is 0. The van der Waals surface area contributed by atoms with E-state index in [0.717, 1.165) is 0 Å². The van der Waals surface area contributed by atoms with Crippen LogP contribution in [0.5, 0.6) is 0 Å². The highest BCUT2D eigenvalue weighted by Crippen LogP contribution is 2.56. The van der Waals surface area contributed by atoms with Crippen LogP contribution in [0.25, 0.3) is 0 Å². The van der Waals surface area contributed by atoms with Crippen molar-refractivity contribution in [1.29, 1.82) is 0 Å². The molecule has 1 fully saturated rings. The molecule has 0 amide bonds. The van der Waals surface area contributed by atoms with Crippen LogP contribution in [-0.4, -0.2) is 41.9 Å². The summed E-state index contributed by atoms with van der Waals surface area (Å²) >= 11 is 0. The van der Waals surface area contributed by atoms with Crippen LogP contribution in [0.2, 0.25) is 0 Å². The maximum absolute atomic E-state index is 12.8. The minimum absolute atomic E-state index is 1.96. The van der Waals surface area contributed by atoms with Crippen molar-refractivity contribution >= 4 is 0 Å². The molecule has 2 nitrogen and oxygen atoms in total. The summed E-state index contributed by atoms with van der Waals surface area (Å²) in [5, 5.41) is 0. The van der Waals surface area contributed by atoms with Gasteiger partial charge in [0, 0.05) is 0 Å². The first kappa shape index (κ1) is 16.2. The Morgan fingerprint density at radius 3 is 1.32 bits per heavy atom. The zero-order valence-electron chi connectivity index (χ0n) is 8.22. The van der Waals surface area contributed by atoms with Crippen LogP contribution in [0.3, 0.4) is 0 Å². The largest absolute Gasteiger partial charge is 0.439 e. The van der Waals surface area contributed by atoms with Crippen LogP contribution < -0.4 is 0 Å². The molecule has 114 valence electrons. The molecule has 1 aliphatic heterocycles. The van der Waals surface area contributed by atoms with E-state index in [1.807, 2.05) is 4.74 Å². The van der Waals surface area contributed by atoms with E-state index < -0.39 is 41.9 Å². The van der Waals surface area contributed by atoms with E-state index in [9.17, 15) is 48.3 Å². The van der Waals surface area contributed by atoms with E-state index in [1.54, 1.807) is 0 Å². The molecule has 0 atom stereocenters. The minimum Gasteiger partial charge on any atom is -0.243 e. The van der Waals surface area contributed by atoms with Crippen LogP contribution in [0.15, 0.2) is 0 Å². The number of ether oxygens (including phenoxy) is 1. The highest BCUT2D eigenvalue weighted by Gasteiger charge is 2.83. The number of nitrogens with zero attached hydrogens (tertiary/aromatic N) is 1. The van der Waals surface area contributed by atoms with Crippen LogP contribution in [0.1, 0.15) is 0 Å². The van der Waals surface area contributed by atoms with Gasteiger partial charge in [0.2, 0.25) is 0 Å². The molecule has 0 aromatic heterocycles. The fourth-order valence-electron chi connectivity index (χ4n) is 1.15. The standard InChI is InChI=1S/C6H2F11NO/c7-2(8,9)1-18-3(10,11)5(14,15)19-6(16,17)4(18,12)13/h1H2. The summed E-state index contributed by atoms with van der Waals surface area (Å²) in [6.45, 7) is -3.39. The Labute approximate surface area is 96.3 Å². The first-order valence-corrected chi connectivity index (χ1v) is 4.10. The van der Waals surface area contributed by atoms with E-state index in [0.29, 0.717) is 0 Å². The van der Waals surface area contributed by atoms with Gasteiger partial charge in [-0.3, -0.25) is 0 Å². The van der Waals surface area contributed by atoms with Gasteiger partial charge in [-0.25, -0.2) is 4.74 Å². The Bertz CT molecular complexity index is 335. The van der Waals surface area contributed by atoms with Crippen molar-refractivity contribution in [1.82, 2.24) is 4.90 Å². The summed E-state index contributed by atoms with van der Waals surface area (Å²) in [6.07, 6.45) is -18.3. The average Bonchev–Trinajstić information content (AvgIpc) is 2.08. The van der Waals surface area contributed by atoms with E-state index >= 15 is 0 Å². The molecule has 0 aromatic carbocycles. The molecular weight excluding hydrogens is 311 g/mol. The van der Waals surface area contributed by atoms with Crippen molar-refractivity contribution in [3.63, 3.8) is 0 Å². The van der Waals surface area contributed by atoms with Crippen LogP contribution in [-0.2, 0) is 4.74 Å². The second-order valence-corrected chi connectivity index (χ2v) is 3.42. The van der Waals surface area contributed by atoms with Gasteiger partial charge in [-0.1, -0.05) is 0 Å². The van der Waals surface area contributed by atoms with Crippen molar-refractivity contribution in [2.75, 3.05) is 6.54 Å². The third-order valence-electron chi connectivity index (χ3n) is 1.97. The summed E-state index contributed by atoms with van der Waals surface area (Å²) < 4.78 is 138. The molecule has 0 N–H and O–H groups in total. The molecule has 0 spiro atoms. The first-order chi connectivity index (χ1) is 8.05. The Hall–Kier alpha value is -0.850. The van der Waals surface area contributed by atoms with Gasteiger partial charge in [0.15, 0.2) is 0 Å². The maximum atomic E-state index is 12.8. The second kappa shape index (κ2) is 3.84. The molecule has 0 unspecified atom stereocenters. The molecule has 0 saturated carbocycles. The predicted molar refractivity (Wildman–Crippen MR) is 33.6 cm³/mol. The lowest BCUT2D eigenvalue weighted by atomic mass is 10.2. The van der Waals surface area contributed by atoms with Gasteiger partial charge in [0.1, 0.15) is 6.54 Å². The molecule has 1 saturated heterocycles. The fraction of sp³-hybridized carbons (Fsp3) is 1.00. The van der Waals surface area contributed by atoms with E-state index in [2.05, 4.69) is 0 Å². The topological polar surface area (TPSA) is 12.5 Å². The number of hydrogen-bond donors (Lipinski definition) is 0. The van der Waals surface area contributed by atoms with Gasteiger partial charge in [-0.2, -0.15) is 53.2 Å². The number of hydrogen-bond acceptors (Lipinski definition) is 2. The SMILES string of the molecule is FC(F)(F)CN1C(F)(F)C(F)(F)OC(F)(F)C1(F)F. The Morgan fingerprint density at radius 1 is 0.737 bits per heavy atom. The molecule has 1 heterocycles. The third kappa shape index (κ3) is 2.44. The van der Waals surface area contributed by atoms with Gasteiger partial charge in [0.05, 0.1) is 0 Å². The van der Waals surface area contributed by atoms with Crippen LogP contribution >= 0.6 is 0 Å². The summed E-state index contributed by atoms with van der Waals surface area (Å²) in [6, 6.07) is -12.6. The lowest BCUT2D eigenvalue weighted by Gasteiger charge is -2.47. The summed E-state index contributed by atoms with van der Waals surface area (Å²) in [4.78, 5) is -2.64. The third-order valence-corrected chi connectivity index (χ3v) is 1.97. The van der Waals surface area contributed by atoms with Crippen LogP contribution in [0.4, 0.5) is 48.3 Å². The number of alkyl halides is 11. The molecule has 0 bridgehead atoms. The molecule has 13 heteroatoms. The fourth-order valence-corrected chi connectivity index (χ4v) is 1.15. The smallest absolute Gasteiger partial charge is 0.243 e. The van der Waals surface area contributed by atoms with Crippen molar-refractivity contribution < 1.29 is 53.0 Å². The van der Waals surface area contributed by atoms with Gasteiger partial charge in [-0.15, -0.1) is 0 Å². The highest BCUT2D eigenvalue weighted by atomic mass is 19.4. The lowest BCUT2D eigenvalue weighted by Crippen LogP contribution is -2.74. The molecular formula is C6H2F11NO. The zero-order chi connectivity index (χ0) is 15.5. The predicted octanol–water partition coefficient (Wildman–Crippen LogP) is 3.25. The summed E-state index contributed by atoms with van der Waals surface area (Å²) in [7, 11) is 0. The number of halogens is 11. The quantitative estimate of drug-likeness (QED) is 0.544. The lowest BCUT2D eigenvalue weighted by molar-refractivity contribution is -0.566. The Balaban J connectivity index is 3.33. The van der Waals surface area contributed by atoms with E-state index in [4.69, 9.17) is 0 Å². The van der Waals surface area contributed by atoms with E-state index in [-0.39, 0.29) is 0 Å². The van der Waals surface area contributed by atoms with E-state index in [1.165, 1.54) is 0 Å². The molecule has 0 aromatic rings. The molecule has 1 rings (SSSR count). The minimum atomic E-state index is -6.28. The number of rotatable bonds is 1. The monoisotopic (exact) mass is 313 g/mol. The van der Waals surface area contributed by atoms with Crippen molar-refractivity contribution in [3.05, 3.63) is 0 Å². The van der Waals surface area contributed by atoms with Crippen LogP contribution in [0, 0.1) is 0 Å². The van der Waals surface area contributed by atoms with Gasteiger partial charge in [-0.05, 0) is 0 Å². The van der Waals surface area contributed by atoms with Crippen molar-refractivity contribution in [2.45, 2.75) is 30.5 Å². The Morgan fingerprint density at radius 2 is 1.05 bits per heavy atom. The zero-order valence-corrected chi connectivity index (χ0v) is 8.22. The maximum Gasteiger partial charge on any atom is 0.439 e. The highest BCUT2D eigenvalue weighted by molar-refractivity contribution is 4.95. The first-order valence-electron chi connectivity index (χ1n) is 4.10. The van der Waals surface area contributed by atoms with Gasteiger partial charge in [0.25, 0.3) is 0 Å².